The van der Waals surface area contributed by atoms with Crippen LogP contribution >= 0.6 is 0 Å². The maximum atomic E-state index is 12.2. The van der Waals surface area contributed by atoms with Crippen molar-refractivity contribution in [1.82, 2.24) is 5.32 Å². The van der Waals surface area contributed by atoms with Crippen LogP contribution in [-0.2, 0) is 20.9 Å². The normalized spacial score (nSPS) is 16.2. The molecule has 0 spiro atoms. The van der Waals surface area contributed by atoms with Crippen molar-refractivity contribution in [2.45, 2.75) is 33.5 Å². The largest absolute Gasteiger partial charge is 0.376 e. The molecule has 1 heterocycles. The molecule has 0 saturated carbocycles. The molecule has 0 radical (unpaired) electrons. The first-order valence-corrected chi connectivity index (χ1v) is 8.36. The van der Waals surface area contributed by atoms with E-state index in [9.17, 15) is 4.79 Å². The van der Waals surface area contributed by atoms with E-state index in [0.717, 1.165) is 24.3 Å². The number of carbonyl (C=O) groups excluding carboxylic acids is 1. The summed E-state index contributed by atoms with van der Waals surface area (Å²) in [6.45, 7) is 9.55. The number of anilines is 1. The van der Waals surface area contributed by atoms with Crippen molar-refractivity contribution in [3.05, 3.63) is 29.8 Å². The number of amides is 1. The molecule has 1 aliphatic rings. The highest BCUT2D eigenvalue weighted by molar-refractivity contribution is 5.92. The predicted octanol–water partition coefficient (Wildman–Crippen LogP) is 2.42. The van der Waals surface area contributed by atoms with Gasteiger partial charge in [0.15, 0.2) is 0 Å². The molecule has 2 rings (SSSR count). The van der Waals surface area contributed by atoms with Gasteiger partial charge in [-0.3, -0.25) is 4.79 Å². The lowest BCUT2D eigenvalue weighted by atomic mass is 9.88. The first kappa shape index (κ1) is 17.9. The predicted molar refractivity (Wildman–Crippen MR) is 91.3 cm³/mol. The van der Waals surface area contributed by atoms with Crippen LogP contribution in [0.3, 0.4) is 0 Å². The van der Waals surface area contributed by atoms with Crippen molar-refractivity contribution >= 4 is 11.6 Å². The molecule has 2 N–H and O–H groups in total. The monoisotopic (exact) mass is 320 g/mol. The first-order valence-electron chi connectivity index (χ1n) is 8.36. The third-order valence-corrected chi connectivity index (χ3v) is 4.08. The number of ether oxygens (including phenoxy) is 2. The van der Waals surface area contributed by atoms with Gasteiger partial charge in [-0.05, 0) is 50.6 Å². The van der Waals surface area contributed by atoms with Crippen LogP contribution in [0.2, 0.25) is 0 Å². The molecule has 23 heavy (non-hydrogen) atoms. The molecule has 1 aliphatic heterocycles. The summed E-state index contributed by atoms with van der Waals surface area (Å²) in [5.41, 5.74) is 1.87. The lowest BCUT2D eigenvalue weighted by Crippen LogP contribution is -2.48. The zero-order chi connectivity index (χ0) is 16.7. The maximum Gasteiger partial charge on any atom is 0.227 e. The molecule has 1 atom stereocenters. The number of hydrogen-bond acceptors (Lipinski definition) is 4. The number of rotatable bonds is 9. The summed E-state index contributed by atoms with van der Waals surface area (Å²) in [4.78, 5) is 12.2. The Morgan fingerprint density at radius 2 is 2.09 bits per heavy atom. The Hall–Kier alpha value is -1.43. The minimum absolute atomic E-state index is 0.0318. The van der Waals surface area contributed by atoms with E-state index in [1.54, 1.807) is 0 Å². The van der Waals surface area contributed by atoms with Crippen LogP contribution in [0.5, 0.6) is 0 Å². The second-order valence-electron chi connectivity index (χ2n) is 6.37. The number of hydrogen-bond donors (Lipinski definition) is 2. The van der Waals surface area contributed by atoms with E-state index in [1.807, 2.05) is 45.0 Å². The smallest absolute Gasteiger partial charge is 0.227 e. The van der Waals surface area contributed by atoms with Gasteiger partial charge in [-0.25, -0.2) is 0 Å². The van der Waals surface area contributed by atoms with Crippen molar-refractivity contribution in [2.75, 3.05) is 31.6 Å². The Morgan fingerprint density at radius 1 is 1.30 bits per heavy atom. The molecular formula is C18H28N2O3. The van der Waals surface area contributed by atoms with Gasteiger partial charge in [0, 0.05) is 11.6 Å². The minimum atomic E-state index is 0.0318. The van der Waals surface area contributed by atoms with Crippen molar-refractivity contribution in [1.29, 1.82) is 0 Å². The number of benzene rings is 1. The van der Waals surface area contributed by atoms with Crippen LogP contribution in [0.25, 0.3) is 0 Å². The second kappa shape index (κ2) is 9.01. The quantitative estimate of drug-likeness (QED) is 0.686. The molecule has 5 nitrogen and oxygen atoms in total. The fraction of sp³-hybridized carbons (Fsp3) is 0.611. The first-order chi connectivity index (χ1) is 11.1. The summed E-state index contributed by atoms with van der Waals surface area (Å²) in [6, 6.07) is 7.81. The highest BCUT2D eigenvalue weighted by Crippen LogP contribution is 2.19. The maximum absolute atomic E-state index is 12.2. The summed E-state index contributed by atoms with van der Waals surface area (Å²) >= 11 is 0. The average molecular weight is 320 g/mol. The number of carbonyl (C=O) groups is 1. The van der Waals surface area contributed by atoms with E-state index < -0.39 is 0 Å². The molecular weight excluding hydrogens is 292 g/mol. The molecule has 128 valence electrons. The van der Waals surface area contributed by atoms with Crippen molar-refractivity contribution < 1.29 is 14.3 Å². The fourth-order valence-corrected chi connectivity index (χ4v) is 2.41. The molecule has 0 aliphatic carbocycles. The molecule has 1 aromatic rings. The Balaban J connectivity index is 1.76. The van der Waals surface area contributed by atoms with Crippen LogP contribution < -0.4 is 10.6 Å². The third-order valence-electron chi connectivity index (χ3n) is 4.08. The third kappa shape index (κ3) is 5.94. The van der Waals surface area contributed by atoms with E-state index >= 15 is 0 Å². The standard InChI is InChI=1S/C18H28N2O3/c1-13(2)23-8-7-22-12-15-5-4-6-17(9-15)20-18(21)14(3)16-10-19-11-16/h4-6,9,13-14,16,19H,7-8,10-12H2,1-3H3,(H,20,21). The molecule has 0 bridgehead atoms. The summed E-state index contributed by atoms with van der Waals surface area (Å²) < 4.78 is 11.0. The lowest BCUT2D eigenvalue weighted by Gasteiger charge is -2.31. The molecule has 0 aromatic heterocycles. The van der Waals surface area contributed by atoms with E-state index in [2.05, 4.69) is 10.6 Å². The summed E-state index contributed by atoms with van der Waals surface area (Å²) in [5, 5.41) is 6.20. The van der Waals surface area contributed by atoms with Gasteiger partial charge in [-0.2, -0.15) is 0 Å². The Kier molecular flexibility index (Phi) is 7.02. The van der Waals surface area contributed by atoms with Gasteiger partial charge in [0.25, 0.3) is 0 Å². The minimum Gasteiger partial charge on any atom is -0.376 e. The van der Waals surface area contributed by atoms with Crippen LogP contribution in [0, 0.1) is 11.8 Å². The summed E-state index contributed by atoms with van der Waals surface area (Å²) in [6.07, 6.45) is 0.227. The fourth-order valence-electron chi connectivity index (χ4n) is 2.41. The molecule has 1 saturated heterocycles. The topological polar surface area (TPSA) is 59.6 Å². The van der Waals surface area contributed by atoms with Gasteiger partial charge in [-0.15, -0.1) is 0 Å². The van der Waals surface area contributed by atoms with Gasteiger partial charge >= 0.3 is 0 Å². The SMILES string of the molecule is CC(C)OCCOCc1cccc(NC(=O)C(C)C2CNC2)c1. The Labute approximate surface area is 138 Å². The van der Waals surface area contributed by atoms with Crippen LogP contribution in [0.1, 0.15) is 26.3 Å². The van der Waals surface area contributed by atoms with Crippen LogP contribution in [-0.4, -0.2) is 38.3 Å². The Morgan fingerprint density at radius 3 is 2.74 bits per heavy atom. The highest BCUT2D eigenvalue weighted by Gasteiger charge is 2.28. The van der Waals surface area contributed by atoms with Gasteiger partial charge < -0.3 is 20.1 Å². The second-order valence-corrected chi connectivity index (χ2v) is 6.37. The summed E-state index contributed by atoms with van der Waals surface area (Å²) in [5.74, 6) is 0.562. The van der Waals surface area contributed by atoms with E-state index in [0.29, 0.717) is 25.7 Å². The molecule has 1 unspecified atom stereocenters. The summed E-state index contributed by atoms with van der Waals surface area (Å²) in [7, 11) is 0. The van der Waals surface area contributed by atoms with Gasteiger partial charge in [0.05, 0.1) is 25.9 Å². The van der Waals surface area contributed by atoms with Crippen molar-refractivity contribution in [3.8, 4) is 0 Å². The molecule has 1 amide bonds. The van der Waals surface area contributed by atoms with Gasteiger partial charge in [0.2, 0.25) is 5.91 Å². The molecule has 5 heteroatoms. The van der Waals surface area contributed by atoms with E-state index in [1.165, 1.54) is 0 Å². The molecule has 1 fully saturated rings. The van der Waals surface area contributed by atoms with E-state index in [4.69, 9.17) is 9.47 Å². The van der Waals surface area contributed by atoms with Gasteiger partial charge in [0.1, 0.15) is 0 Å². The van der Waals surface area contributed by atoms with Crippen LogP contribution in [0.4, 0.5) is 5.69 Å². The Bertz CT molecular complexity index is 501. The van der Waals surface area contributed by atoms with Crippen LogP contribution in [0.15, 0.2) is 24.3 Å². The van der Waals surface area contributed by atoms with Crippen molar-refractivity contribution in [2.24, 2.45) is 11.8 Å². The van der Waals surface area contributed by atoms with E-state index in [-0.39, 0.29) is 17.9 Å². The zero-order valence-electron chi connectivity index (χ0n) is 14.3. The number of nitrogens with one attached hydrogen (secondary N) is 2. The molecule has 1 aromatic carbocycles. The zero-order valence-corrected chi connectivity index (χ0v) is 14.3. The lowest BCUT2D eigenvalue weighted by molar-refractivity contribution is -0.121. The van der Waals surface area contributed by atoms with Gasteiger partial charge in [-0.1, -0.05) is 19.1 Å². The highest BCUT2D eigenvalue weighted by atomic mass is 16.5. The average Bonchev–Trinajstić information content (AvgIpc) is 2.45. The van der Waals surface area contributed by atoms with Crippen molar-refractivity contribution in [3.63, 3.8) is 0 Å².